The molecule has 0 amide bonds. The van der Waals surface area contributed by atoms with Gasteiger partial charge in [0.25, 0.3) is 0 Å². The van der Waals surface area contributed by atoms with Crippen LogP contribution in [0.3, 0.4) is 0 Å². The van der Waals surface area contributed by atoms with Crippen molar-refractivity contribution in [1.82, 2.24) is 14.8 Å². The Bertz CT molecular complexity index is 285. The van der Waals surface area contributed by atoms with Gasteiger partial charge in [-0.05, 0) is 25.7 Å². The van der Waals surface area contributed by atoms with Gasteiger partial charge in [-0.1, -0.05) is 6.92 Å². The Balaban J connectivity index is 2.32. The second kappa shape index (κ2) is 3.29. The summed E-state index contributed by atoms with van der Waals surface area (Å²) in [6.45, 7) is 2.22. The quantitative estimate of drug-likeness (QED) is 0.700. The molecule has 72 valence electrons. The van der Waals surface area contributed by atoms with Crippen LogP contribution in [0.4, 0.5) is 0 Å². The van der Waals surface area contributed by atoms with Crippen molar-refractivity contribution in [1.29, 1.82) is 0 Å². The molecule has 0 spiro atoms. The first kappa shape index (κ1) is 9.00. The van der Waals surface area contributed by atoms with Crippen LogP contribution in [0.2, 0.25) is 0 Å². The summed E-state index contributed by atoms with van der Waals surface area (Å²) in [5.74, 6) is 1.37. The number of nitrogens with zero attached hydrogens (tertiary/aromatic N) is 3. The van der Waals surface area contributed by atoms with E-state index in [0.29, 0.717) is 5.88 Å². The molecule has 1 aromatic rings. The van der Waals surface area contributed by atoms with Crippen LogP contribution in [-0.4, -0.2) is 14.8 Å². The number of alkyl halides is 1. The molecule has 1 aromatic heterocycles. The monoisotopic (exact) mass is 199 g/mol. The summed E-state index contributed by atoms with van der Waals surface area (Å²) in [5.41, 5.74) is 0.285. The lowest BCUT2D eigenvalue weighted by Crippen LogP contribution is -2.40. The average Bonchev–Trinajstić information content (AvgIpc) is 2.52. The maximum Gasteiger partial charge on any atom is 0.148 e. The van der Waals surface area contributed by atoms with Crippen LogP contribution in [-0.2, 0) is 11.4 Å². The van der Waals surface area contributed by atoms with Gasteiger partial charge in [-0.15, -0.1) is 21.8 Å². The van der Waals surface area contributed by atoms with Gasteiger partial charge < -0.3 is 4.57 Å². The van der Waals surface area contributed by atoms with E-state index in [-0.39, 0.29) is 5.54 Å². The second-order valence-corrected chi connectivity index (χ2v) is 3.95. The highest BCUT2D eigenvalue weighted by atomic mass is 35.5. The molecular weight excluding hydrogens is 186 g/mol. The second-order valence-electron chi connectivity index (χ2n) is 3.68. The minimum absolute atomic E-state index is 0.285. The zero-order valence-electron chi connectivity index (χ0n) is 7.83. The molecule has 1 saturated carbocycles. The van der Waals surface area contributed by atoms with Crippen molar-refractivity contribution in [2.24, 2.45) is 0 Å². The first-order chi connectivity index (χ1) is 6.32. The van der Waals surface area contributed by atoms with Crippen molar-refractivity contribution in [2.45, 2.75) is 44.0 Å². The average molecular weight is 200 g/mol. The van der Waals surface area contributed by atoms with Gasteiger partial charge in [0.05, 0.1) is 5.88 Å². The largest absolute Gasteiger partial charge is 0.310 e. The number of rotatable bonds is 3. The summed E-state index contributed by atoms with van der Waals surface area (Å²) < 4.78 is 2.17. The molecule has 2 rings (SSSR count). The first-order valence-electron chi connectivity index (χ1n) is 4.78. The number of halogens is 1. The van der Waals surface area contributed by atoms with Gasteiger partial charge in [0, 0.05) is 5.54 Å². The molecule has 0 unspecified atom stereocenters. The summed E-state index contributed by atoms with van der Waals surface area (Å²) in [6, 6.07) is 0. The molecule has 0 aliphatic heterocycles. The van der Waals surface area contributed by atoms with Crippen LogP contribution in [0.15, 0.2) is 6.33 Å². The summed E-state index contributed by atoms with van der Waals surface area (Å²) in [4.78, 5) is 0. The van der Waals surface area contributed by atoms with Crippen LogP contribution in [0.1, 0.15) is 38.4 Å². The molecule has 0 atom stereocenters. The standard InChI is InChI=1S/C9H14ClN3/c1-2-9(4-3-5-9)13-7-11-12-8(13)6-10/h7H,2-6H2,1H3. The predicted octanol–water partition coefficient (Wildman–Crippen LogP) is 2.31. The van der Waals surface area contributed by atoms with E-state index in [2.05, 4.69) is 21.7 Å². The third-order valence-corrected chi connectivity index (χ3v) is 3.43. The van der Waals surface area contributed by atoms with Gasteiger partial charge in [0.1, 0.15) is 12.2 Å². The minimum atomic E-state index is 0.285. The van der Waals surface area contributed by atoms with E-state index in [1.165, 1.54) is 19.3 Å². The lowest BCUT2D eigenvalue weighted by molar-refractivity contribution is 0.132. The molecule has 1 heterocycles. The topological polar surface area (TPSA) is 30.7 Å². The van der Waals surface area contributed by atoms with Crippen LogP contribution < -0.4 is 0 Å². The van der Waals surface area contributed by atoms with Gasteiger partial charge in [-0.2, -0.15) is 0 Å². The van der Waals surface area contributed by atoms with Crippen molar-refractivity contribution in [3.63, 3.8) is 0 Å². The van der Waals surface area contributed by atoms with Gasteiger partial charge in [-0.3, -0.25) is 0 Å². The lowest BCUT2D eigenvalue weighted by atomic mass is 9.74. The van der Waals surface area contributed by atoms with Crippen LogP contribution >= 0.6 is 11.6 Å². The molecular formula is C9H14ClN3. The van der Waals surface area contributed by atoms with E-state index >= 15 is 0 Å². The predicted molar refractivity (Wildman–Crippen MR) is 51.7 cm³/mol. The van der Waals surface area contributed by atoms with E-state index in [0.717, 1.165) is 12.2 Å². The molecule has 0 N–H and O–H groups in total. The molecule has 3 nitrogen and oxygen atoms in total. The lowest BCUT2D eigenvalue weighted by Gasteiger charge is -2.42. The van der Waals surface area contributed by atoms with Gasteiger partial charge in [0.2, 0.25) is 0 Å². The van der Waals surface area contributed by atoms with E-state index in [4.69, 9.17) is 11.6 Å². The highest BCUT2D eigenvalue weighted by molar-refractivity contribution is 6.16. The molecule has 0 bridgehead atoms. The molecule has 4 heteroatoms. The van der Waals surface area contributed by atoms with Crippen LogP contribution in [0.25, 0.3) is 0 Å². The number of hydrogen-bond donors (Lipinski definition) is 0. The van der Waals surface area contributed by atoms with Gasteiger partial charge >= 0.3 is 0 Å². The third-order valence-electron chi connectivity index (χ3n) is 3.19. The Labute approximate surface area is 83.1 Å². The Morgan fingerprint density at radius 3 is 2.85 bits per heavy atom. The molecule has 0 radical (unpaired) electrons. The Kier molecular flexibility index (Phi) is 2.28. The van der Waals surface area contributed by atoms with E-state index in [1.807, 2.05) is 6.33 Å². The molecule has 1 aliphatic carbocycles. The van der Waals surface area contributed by atoms with Crippen LogP contribution in [0, 0.1) is 0 Å². The third kappa shape index (κ3) is 1.26. The maximum absolute atomic E-state index is 5.79. The van der Waals surface area contributed by atoms with Crippen molar-refractivity contribution < 1.29 is 0 Å². The maximum atomic E-state index is 5.79. The van der Waals surface area contributed by atoms with E-state index in [9.17, 15) is 0 Å². The van der Waals surface area contributed by atoms with Gasteiger partial charge in [-0.25, -0.2) is 0 Å². The Morgan fingerprint density at radius 1 is 1.62 bits per heavy atom. The fourth-order valence-electron chi connectivity index (χ4n) is 2.10. The van der Waals surface area contributed by atoms with Gasteiger partial charge in [0.15, 0.2) is 0 Å². The van der Waals surface area contributed by atoms with Crippen molar-refractivity contribution >= 4 is 11.6 Å². The first-order valence-corrected chi connectivity index (χ1v) is 5.31. The number of hydrogen-bond acceptors (Lipinski definition) is 2. The van der Waals surface area contributed by atoms with E-state index in [1.54, 1.807) is 0 Å². The molecule has 1 fully saturated rings. The summed E-state index contributed by atoms with van der Waals surface area (Å²) in [7, 11) is 0. The summed E-state index contributed by atoms with van der Waals surface area (Å²) in [6.07, 6.45) is 6.76. The number of aromatic nitrogens is 3. The SMILES string of the molecule is CCC1(n2cnnc2CCl)CCC1. The Hall–Kier alpha value is -0.570. The van der Waals surface area contributed by atoms with Crippen molar-refractivity contribution in [2.75, 3.05) is 0 Å². The molecule has 0 saturated heterocycles. The fourth-order valence-corrected chi connectivity index (χ4v) is 2.28. The smallest absolute Gasteiger partial charge is 0.148 e. The molecule has 0 aromatic carbocycles. The Morgan fingerprint density at radius 2 is 2.38 bits per heavy atom. The molecule has 13 heavy (non-hydrogen) atoms. The normalized spacial score (nSPS) is 19.8. The highest BCUT2D eigenvalue weighted by Crippen LogP contribution is 2.42. The zero-order valence-corrected chi connectivity index (χ0v) is 8.59. The summed E-state index contributed by atoms with van der Waals surface area (Å²) >= 11 is 5.79. The van der Waals surface area contributed by atoms with Crippen molar-refractivity contribution in [3.05, 3.63) is 12.2 Å². The highest BCUT2D eigenvalue weighted by Gasteiger charge is 2.38. The zero-order chi connectivity index (χ0) is 9.31. The van der Waals surface area contributed by atoms with E-state index < -0.39 is 0 Å². The van der Waals surface area contributed by atoms with Crippen LogP contribution in [0.5, 0.6) is 0 Å². The molecule has 1 aliphatic rings. The fraction of sp³-hybridized carbons (Fsp3) is 0.778. The minimum Gasteiger partial charge on any atom is -0.310 e. The van der Waals surface area contributed by atoms with Crippen molar-refractivity contribution in [3.8, 4) is 0 Å². The summed E-state index contributed by atoms with van der Waals surface area (Å²) in [5, 5.41) is 7.93.